The molecule has 0 amide bonds. The number of fused-ring (bicyclic) bond motifs is 2. The lowest BCUT2D eigenvalue weighted by Gasteiger charge is -2.18. The van der Waals surface area contributed by atoms with Crippen molar-refractivity contribution in [3.8, 4) is 0 Å². The number of aliphatic hydroxyl groups excluding tert-OH is 1. The summed E-state index contributed by atoms with van der Waals surface area (Å²) in [4.78, 5) is 10.5. The highest BCUT2D eigenvalue weighted by atomic mass is 16.5. The summed E-state index contributed by atoms with van der Waals surface area (Å²) in [6.07, 6.45) is 0.148. The van der Waals surface area contributed by atoms with Crippen LogP contribution < -0.4 is 0 Å². The number of carboxylic acids is 1. The van der Waals surface area contributed by atoms with Crippen molar-refractivity contribution in [1.29, 1.82) is 0 Å². The molecule has 2 saturated heterocycles. The lowest BCUT2D eigenvalue weighted by Crippen LogP contribution is -2.34. The van der Waals surface area contributed by atoms with Gasteiger partial charge >= 0.3 is 5.97 Å². The molecule has 4 heteroatoms. The number of ether oxygens (including phenoxy) is 1. The van der Waals surface area contributed by atoms with Crippen LogP contribution in [0.4, 0.5) is 0 Å². The quantitative estimate of drug-likeness (QED) is 0.545. The fraction of sp³-hybridized carbons (Fsp3) is 0.857. The molecule has 2 N–H and O–H groups in total. The molecule has 2 aliphatic rings. The SMILES string of the molecule is O=C(O)[C@H]1C[C@H]2C[C@H](O)[C@@H]1O2. The zero-order chi connectivity index (χ0) is 8.01. The van der Waals surface area contributed by atoms with E-state index in [0.29, 0.717) is 12.8 Å². The maximum atomic E-state index is 10.5. The summed E-state index contributed by atoms with van der Waals surface area (Å²) in [5.41, 5.74) is 0. The highest BCUT2D eigenvalue weighted by Crippen LogP contribution is 2.38. The van der Waals surface area contributed by atoms with Crippen molar-refractivity contribution in [3.63, 3.8) is 0 Å². The van der Waals surface area contributed by atoms with Crippen molar-refractivity contribution < 1.29 is 19.7 Å². The highest BCUT2D eigenvalue weighted by molar-refractivity contribution is 5.71. The number of hydrogen-bond acceptors (Lipinski definition) is 3. The molecule has 0 aromatic carbocycles. The molecule has 0 aromatic rings. The number of carbonyl (C=O) groups is 1. The summed E-state index contributed by atoms with van der Waals surface area (Å²) in [5.74, 6) is -1.33. The van der Waals surface area contributed by atoms with E-state index >= 15 is 0 Å². The van der Waals surface area contributed by atoms with Gasteiger partial charge in [0.25, 0.3) is 0 Å². The van der Waals surface area contributed by atoms with Gasteiger partial charge < -0.3 is 14.9 Å². The van der Waals surface area contributed by atoms with Gasteiger partial charge in [-0.2, -0.15) is 0 Å². The first-order valence-corrected chi connectivity index (χ1v) is 3.75. The summed E-state index contributed by atoms with van der Waals surface area (Å²) in [6, 6.07) is 0. The molecule has 2 bridgehead atoms. The van der Waals surface area contributed by atoms with Crippen molar-refractivity contribution in [1.82, 2.24) is 0 Å². The number of carboxylic acid groups (broad SMARTS) is 1. The van der Waals surface area contributed by atoms with E-state index in [2.05, 4.69) is 0 Å². The molecule has 0 aliphatic carbocycles. The van der Waals surface area contributed by atoms with Crippen LogP contribution in [0, 0.1) is 5.92 Å². The van der Waals surface area contributed by atoms with Crippen LogP contribution in [0.25, 0.3) is 0 Å². The van der Waals surface area contributed by atoms with Crippen molar-refractivity contribution in [3.05, 3.63) is 0 Å². The Kier molecular flexibility index (Phi) is 1.40. The topological polar surface area (TPSA) is 66.8 Å². The second kappa shape index (κ2) is 2.19. The van der Waals surface area contributed by atoms with Crippen LogP contribution in [0.2, 0.25) is 0 Å². The van der Waals surface area contributed by atoms with Crippen molar-refractivity contribution in [2.24, 2.45) is 5.92 Å². The van der Waals surface area contributed by atoms with Gasteiger partial charge in [0.2, 0.25) is 0 Å². The van der Waals surface area contributed by atoms with E-state index in [1.54, 1.807) is 0 Å². The predicted octanol–water partition coefficient (Wildman–Crippen LogP) is -0.391. The third-order valence-electron chi connectivity index (χ3n) is 2.46. The maximum absolute atomic E-state index is 10.5. The largest absolute Gasteiger partial charge is 0.481 e. The Labute approximate surface area is 63.8 Å². The van der Waals surface area contributed by atoms with Crippen LogP contribution in [0.3, 0.4) is 0 Å². The Bertz CT molecular complexity index is 191. The van der Waals surface area contributed by atoms with Gasteiger partial charge in [-0.3, -0.25) is 4.79 Å². The lowest BCUT2D eigenvalue weighted by molar-refractivity contribution is -0.145. The first kappa shape index (κ1) is 7.06. The minimum absolute atomic E-state index is 0.0175. The second-order valence-electron chi connectivity index (χ2n) is 3.21. The molecule has 4 nitrogen and oxygen atoms in total. The number of hydrogen-bond donors (Lipinski definition) is 2. The fourth-order valence-corrected chi connectivity index (χ4v) is 1.95. The average molecular weight is 158 g/mol. The number of aliphatic carboxylic acids is 1. The van der Waals surface area contributed by atoms with E-state index in [4.69, 9.17) is 9.84 Å². The molecule has 0 aromatic heterocycles. The van der Waals surface area contributed by atoms with Gasteiger partial charge in [-0.05, 0) is 6.42 Å². The van der Waals surface area contributed by atoms with E-state index in [1.165, 1.54) is 0 Å². The summed E-state index contributed by atoms with van der Waals surface area (Å²) in [5, 5.41) is 17.9. The van der Waals surface area contributed by atoms with Gasteiger partial charge in [0.15, 0.2) is 0 Å². The van der Waals surface area contributed by atoms with Gasteiger partial charge in [0.05, 0.1) is 24.2 Å². The molecule has 2 heterocycles. The maximum Gasteiger partial charge on any atom is 0.309 e. The Morgan fingerprint density at radius 3 is 2.55 bits per heavy atom. The molecular formula is C7H10O4. The van der Waals surface area contributed by atoms with Gasteiger partial charge in [0.1, 0.15) is 0 Å². The Balaban J connectivity index is 2.12. The summed E-state index contributed by atoms with van der Waals surface area (Å²) >= 11 is 0. The second-order valence-corrected chi connectivity index (χ2v) is 3.21. The fourth-order valence-electron chi connectivity index (χ4n) is 1.95. The zero-order valence-electron chi connectivity index (χ0n) is 5.93. The van der Waals surface area contributed by atoms with E-state index in [0.717, 1.165) is 0 Å². The lowest BCUT2D eigenvalue weighted by atomic mass is 9.87. The zero-order valence-corrected chi connectivity index (χ0v) is 5.93. The van der Waals surface area contributed by atoms with Crippen molar-refractivity contribution >= 4 is 5.97 Å². The van der Waals surface area contributed by atoms with Crippen LogP contribution in [-0.2, 0) is 9.53 Å². The van der Waals surface area contributed by atoms with E-state index < -0.39 is 24.1 Å². The monoisotopic (exact) mass is 158 g/mol. The molecule has 2 rings (SSSR count). The Morgan fingerprint density at radius 2 is 2.18 bits per heavy atom. The van der Waals surface area contributed by atoms with Crippen LogP contribution in [0.15, 0.2) is 0 Å². The van der Waals surface area contributed by atoms with Gasteiger partial charge in [-0.15, -0.1) is 0 Å². The van der Waals surface area contributed by atoms with Gasteiger partial charge in [-0.25, -0.2) is 0 Å². The summed E-state index contributed by atoms with van der Waals surface area (Å²) in [7, 11) is 0. The molecule has 0 spiro atoms. The molecule has 62 valence electrons. The van der Waals surface area contributed by atoms with Crippen LogP contribution in [0.5, 0.6) is 0 Å². The number of rotatable bonds is 1. The summed E-state index contributed by atoms with van der Waals surface area (Å²) in [6.45, 7) is 0. The third-order valence-corrected chi connectivity index (χ3v) is 2.46. The average Bonchev–Trinajstić information content (AvgIpc) is 2.43. The van der Waals surface area contributed by atoms with Crippen LogP contribution in [0.1, 0.15) is 12.8 Å². The molecule has 0 saturated carbocycles. The molecule has 2 fully saturated rings. The van der Waals surface area contributed by atoms with Crippen LogP contribution in [-0.4, -0.2) is 34.5 Å². The van der Waals surface area contributed by atoms with Crippen molar-refractivity contribution in [2.45, 2.75) is 31.2 Å². The Hall–Kier alpha value is -0.610. The minimum Gasteiger partial charge on any atom is -0.481 e. The van der Waals surface area contributed by atoms with E-state index in [-0.39, 0.29) is 6.10 Å². The molecule has 0 unspecified atom stereocenters. The summed E-state index contributed by atoms with van der Waals surface area (Å²) < 4.78 is 5.23. The number of aliphatic hydroxyl groups is 1. The molecule has 11 heavy (non-hydrogen) atoms. The van der Waals surface area contributed by atoms with Gasteiger partial charge in [-0.1, -0.05) is 0 Å². The Morgan fingerprint density at radius 1 is 1.45 bits per heavy atom. The van der Waals surface area contributed by atoms with Crippen molar-refractivity contribution in [2.75, 3.05) is 0 Å². The standard InChI is InChI=1S/C7H10O4/c8-5-2-3-1-4(7(9)10)6(5)11-3/h3-6,8H,1-2H2,(H,9,10)/t3-,4-,5-,6+/m0/s1. The third kappa shape index (κ3) is 0.937. The first-order valence-electron chi connectivity index (χ1n) is 3.75. The van der Waals surface area contributed by atoms with Crippen LogP contribution >= 0.6 is 0 Å². The normalized spacial score (nSPS) is 48.1. The molecular weight excluding hydrogens is 148 g/mol. The first-order chi connectivity index (χ1) is 5.18. The van der Waals surface area contributed by atoms with E-state index in [9.17, 15) is 9.90 Å². The minimum atomic E-state index is -0.851. The predicted molar refractivity (Wildman–Crippen MR) is 35.0 cm³/mol. The smallest absolute Gasteiger partial charge is 0.309 e. The molecule has 4 atom stereocenters. The molecule has 0 radical (unpaired) electrons. The van der Waals surface area contributed by atoms with Gasteiger partial charge in [0, 0.05) is 6.42 Å². The highest BCUT2D eigenvalue weighted by Gasteiger charge is 2.50. The molecule has 2 aliphatic heterocycles. The van der Waals surface area contributed by atoms with E-state index in [1.807, 2.05) is 0 Å².